The molecule has 0 bridgehead atoms. The third-order valence-corrected chi connectivity index (χ3v) is 6.99. The SMILES string of the molecule is COC(=O)c1ccc(CN(Cc2ccc(OC)c(OC)c2)S(=O)(=O)c2cccc([N+](=O)[O-])c2)cc1. The predicted molar refractivity (Wildman–Crippen MR) is 127 cm³/mol. The van der Waals surface area contributed by atoms with Crippen molar-refractivity contribution in [1.29, 1.82) is 0 Å². The number of ether oxygens (including phenoxy) is 3. The molecule has 0 saturated heterocycles. The van der Waals surface area contributed by atoms with Crippen LogP contribution in [-0.2, 0) is 27.8 Å². The third-order valence-electron chi connectivity index (χ3n) is 5.21. The molecule has 0 aliphatic carbocycles. The normalized spacial score (nSPS) is 11.2. The van der Waals surface area contributed by atoms with E-state index in [2.05, 4.69) is 0 Å². The number of carbonyl (C=O) groups is 1. The van der Waals surface area contributed by atoms with Gasteiger partial charge in [-0.1, -0.05) is 24.3 Å². The summed E-state index contributed by atoms with van der Waals surface area (Å²) < 4.78 is 43.6. The Balaban J connectivity index is 2.02. The molecule has 0 radical (unpaired) electrons. The predicted octanol–water partition coefficient (Wildman–Crippen LogP) is 3.79. The summed E-state index contributed by atoms with van der Waals surface area (Å²) in [6, 6.07) is 16.2. The van der Waals surface area contributed by atoms with Crippen LogP contribution in [0.5, 0.6) is 11.5 Å². The topological polar surface area (TPSA) is 125 Å². The number of sulfonamides is 1. The van der Waals surface area contributed by atoms with E-state index < -0.39 is 20.9 Å². The molecule has 10 nitrogen and oxygen atoms in total. The second-order valence-corrected chi connectivity index (χ2v) is 9.34. The third kappa shape index (κ3) is 5.94. The number of nitro benzene ring substituents is 1. The Kier molecular flexibility index (Phi) is 8.05. The second kappa shape index (κ2) is 11.0. The van der Waals surface area contributed by atoms with Crippen molar-refractivity contribution in [2.75, 3.05) is 21.3 Å². The number of non-ortho nitro benzene ring substituents is 1. The molecule has 0 heterocycles. The Morgan fingerprint density at radius 1 is 0.886 bits per heavy atom. The summed E-state index contributed by atoms with van der Waals surface area (Å²) in [7, 11) is 0.0848. The van der Waals surface area contributed by atoms with E-state index >= 15 is 0 Å². The maximum absolute atomic E-state index is 13.6. The van der Waals surface area contributed by atoms with Gasteiger partial charge in [-0.3, -0.25) is 10.1 Å². The van der Waals surface area contributed by atoms with Crippen molar-refractivity contribution in [2.24, 2.45) is 0 Å². The van der Waals surface area contributed by atoms with Crippen LogP contribution in [0, 0.1) is 10.1 Å². The highest BCUT2D eigenvalue weighted by Crippen LogP contribution is 2.30. The summed E-state index contributed by atoms with van der Waals surface area (Å²) in [5.74, 6) is 0.408. The van der Waals surface area contributed by atoms with Gasteiger partial charge in [0.25, 0.3) is 5.69 Å². The highest BCUT2D eigenvalue weighted by atomic mass is 32.2. The lowest BCUT2D eigenvalue weighted by Gasteiger charge is -2.23. The van der Waals surface area contributed by atoms with Gasteiger partial charge in [-0.25, -0.2) is 13.2 Å². The van der Waals surface area contributed by atoms with Gasteiger partial charge in [-0.05, 0) is 41.5 Å². The van der Waals surface area contributed by atoms with Crippen molar-refractivity contribution in [3.8, 4) is 11.5 Å². The number of nitrogens with zero attached hydrogens (tertiary/aromatic N) is 2. The van der Waals surface area contributed by atoms with Crippen molar-refractivity contribution in [3.05, 3.63) is 93.5 Å². The lowest BCUT2D eigenvalue weighted by molar-refractivity contribution is -0.385. The fraction of sp³-hybridized carbons (Fsp3) is 0.208. The molecule has 0 aliphatic rings. The summed E-state index contributed by atoms with van der Waals surface area (Å²) in [6.07, 6.45) is 0. The van der Waals surface area contributed by atoms with Crippen molar-refractivity contribution < 1.29 is 32.3 Å². The minimum Gasteiger partial charge on any atom is -0.493 e. The largest absolute Gasteiger partial charge is 0.493 e. The molecule has 0 aliphatic heterocycles. The van der Waals surface area contributed by atoms with E-state index in [1.165, 1.54) is 56.0 Å². The lowest BCUT2D eigenvalue weighted by Crippen LogP contribution is -2.30. The van der Waals surface area contributed by atoms with E-state index in [1.807, 2.05) is 0 Å². The van der Waals surface area contributed by atoms with E-state index in [-0.39, 0.29) is 23.7 Å². The van der Waals surface area contributed by atoms with Gasteiger partial charge in [0, 0.05) is 25.2 Å². The smallest absolute Gasteiger partial charge is 0.337 e. The number of hydrogen-bond donors (Lipinski definition) is 0. The Morgan fingerprint density at radius 2 is 1.51 bits per heavy atom. The highest BCUT2D eigenvalue weighted by Gasteiger charge is 2.27. The van der Waals surface area contributed by atoms with Crippen LogP contribution < -0.4 is 9.47 Å². The lowest BCUT2D eigenvalue weighted by atomic mass is 10.1. The first-order valence-corrected chi connectivity index (χ1v) is 11.8. The molecule has 3 aromatic carbocycles. The number of hydrogen-bond acceptors (Lipinski definition) is 8. The minimum absolute atomic E-state index is 0.0515. The number of carbonyl (C=O) groups excluding carboxylic acids is 1. The van der Waals surface area contributed by atoms with Crippen LogP contribution in [-0.4, -0.2) is 44.9 Å². The van der Waals surface area contributed by atoms with E-state index in [9.17, 15) is 23.3 Å². The Bertz CT molecular complexity index is 1320. The van der Waals surface area contributed by atoms with Crippen LogP contribution in [0.2, 0.25) is 0 Å². The number of methoxy groups -OCH3 is 3. The van der Waals surface area contributed by atoms with Crippen LogP contribution in [0.1, 0.15) is 21.5 Å². The molecule has 184 valence electrons. The Hall–Kier alpha value is -3.96. The summed E-state index contributed by atoms with van der Waals surface area (Å²) in [5.41, 5.74) is 1.21. The molecule has 0 fully saturated rings. The monoisotopic (exact) mass is 500 g/mol. The molecule has 0 N–H and O–H groups in total. The van der Waals surface area contributed by atoms with E-state index in [0.29, 0.717) is 28.2 Å². The fourth-order valence-electron chi connectivity index (χ4n) is 3.38. The second-order valence-electron chi connectivity index (χ2n) is 7.41. The number of rotatable bonds is 10. The Labute approximate surface area is 202 Å². The molecular weight excluding hydrogens is 476 g/mol. The van der Waals surface area contributed by atoms with Crippen molar-refractivity contribution in [1.82, 2.24) is 4.31 Å². The maximum Gasteiger partial charge on any atom is 0.337 e. The average Bonchev–Trinajstić information content (AvgIpc) is 2.88. The fourth-order valence-corrected chi connectivity index (χ4v) is 4.84. The number of esters is 1. The molecule has 0 atom stereocenters. The van der Waals surface area contributed by atoms with E-state index in [1.54, 1.807) is 30.3 Å². The summed E-state index contributed by atoms with van der Waals surface area (Å²) >= 11 is 0. The molecule has 0 amide bonds. The molecule has 35 heavy (non-hydrogen) atoms. The summed E-state index contributed by atoms with van der Waals surface area (Å²) in [5, 5.41) is 11.2. The zero-order valence-electron chi connectivity index (χ0n) is 19.3. The van der Waals surface area contributed by atoms with Gasteiger partial charge in [-0.2, -0.15) is 4.31 Å². The summed E-state index contributed by atoms with van der Waals surface area (Å²) in [4.78, 5) is 22.1. The Morgan fingerprint density at radius 3 is 2.11 bits per heavy atom. The van der Waals surface area contributed by atoms with Crippen LogP contribution >= 0.6 is 0 Å². The molecule has 3 aromatic rings. The molecule has 0 spiro atoms. The van der Waals surface area contributed by atoms with Crippen LogP contribution in [0.25, 0.3) is 0 Å². The van der Waals surface area contributed by atoms with Gasteiger partial charge in [0.15, 0.2) is 11.5 Å². The van der Waals surface area contributed by atoms with Crippen LogP contribution in [0.15, 0.2) is 71.6 Å². The zero-order valence-corrected chi connectivity index (χ0v) is 20.2. The highest BCUT2D eigenvalue weighted by molar-refractivity contribution is 7.89. The zero-order chi connectivity index (χ0) is 25.6. The van der Waals surface area contributed by atoms with Crippen LogP contribution in [0.3, 0.4) is 0 Å². The first kappa shape index (κ1) is 25.7. The minimum atomic E-state index is -4.15. The quantitative estimate of drug-likeness (QED) is 0.234. The van der Waals surface area contributed by atoms with Gasteiger partial charge < -0.3 is 14.2 Å². The first-order valence-electron chi connectivity index (χ1n) is 10.3. The van der Waals surface area contributed by atoms with Gasteiger partial charge in [-0.15, -0.1) is 0 Å². The molecule has 0 unspecified atom stereocenters. The van der Waals surface area contributed by atoms with Crippen LogP contribution in [0.4, 0.5) is 5.69 Å². The molecular formula is C24H24N2O8S. The molecule has 3 rings (SSSR count). The standard InChI is InChI=1S/C24H24N2O8S/c1-32-22-12-9-18(13-23(22)33-2)16-25(15-17-7-10-19(11-8-17)24(27)34-3)35(30,31)21-6-4-5-20(14-21)26(28)29/h4-14H,15-16H2,1-3H3. The maximum atomic E-state index is 13.6. The van der Waals surface area contributed by atoms with Crippen molar-refractivity contribution >= 4 is 21.7 Å². The summed E-state index contributed by atoms with van der Waals surface area (Å²) in [6.45, 7) is -0.106. The number of benzene rings is 3. The average molecular weight is 501 g/mol. The van der Waals surface area contributed by atoms with Gasteiger partial charge in [0.2, 0.25) is 10.0 Å². The van der Waals surface area contributed by atoms with Gasteiger partial charge in [0.1, 0.15) is 0 Å². The molecule has 11 heteroatoms. The van der Waals surface area contributed by atoms with Gasteiger partial charge >= 0.3 is 5.97 Å². The van der Waals surface area contributed by atoms with E-state index in [4.69, 9.17) is 14.2 Å². The van der Waals surface area contributed by atoms with Crippen molar-refractivity contribution in [3.63, 3.8) is 0 Å². The van der Waals surface area contributed by atoms with E-state index in [0.717, 1.165) is 6.07 Å². The van der Waals surface area contributed by atoms with Gasteiger partial charge in [0.05, 0.1) is 36.7 Å². The van der Waals surface area contributed by atoms with Crippen molar-refractivity contribution in [2.45, 2.75) is 18.0 Å². The molecule has 0 saturated carbocycles. The molecule has 0 aromatic heterocycles. The first-order chi connectivity index (χ1) is 16.7. The number of nitro groups is 1.